The molecule has 0 aromatic rings. The van der Waals surface area contributed by atoms with E-state index >= 15 is 0 Å². The molecule has 1 amide bonds. The highest BCUT2D eigenvalue weighted by Crippen LogP contribution is 2.27. The molecule has 0 spiro atoms. The molecule has 3 heteroatoms. The Morgan fingerprint density at radius 2 is 2.50 bits per heavy atom. The van der Waals surface area contributed by atoms with Crippen molar-refractivity contribution in [2.24, 2.45) is 5.92 Å². The minimum Gasteiger partial charge on any atom is -0.449 e. The molecule has 0 aromatic carbocycles. The molecule has 0 fully saturated rings. The minimum atomic E-state index is -0.354. The Balaban J connectivity index is 2.02. The van der Waals surface area contributed by atoms with Gasteiger partial charge in [0.25, 0.3) is 0 Å². The van der Waals surface area contributed by atoms with Crippen LogP contribution in [0.3, 0.4) is 0 Å². The van der Waals surface area contributed by atoms with Gasteiger partial charge in [0, 0.05) is 13.0 Å². The zero-order valence-electron chi connectivity index (χ0n) is 6.18. The van der Waals surface area contributed by atoms with Gasteiger partial charge < -0.3 is 10.1 Å². The van der Waals surface area contributed by atoms with E-state index in [1.165, 1.54) is 5.57 Å². The van der Waals surface area contributed by atoms with E-state index in [1.807, 2.05) is 6.92 Å². The number of carbonyl (C=O) groups excluding carboxylic acids is 1. The number of rotatable bonds is 2. The molecule has 1 aliphatic carbocycles. The van der Waals surface area contributed by atoms with Crippen molar-refractivity contribution < 1.29 is 9.53 Å². The summed E-state index contributed by atoms with van der Waals surface area (Å²) in [6.45, 7) is 2.52. The van der Waals surface area contributed by atoms with E-state index in [0.717, 1.165) is 0 Å². The molecule has 1 unspecified atom stereocenters. The van der Waals surface area contributed by atoms with Gasteiger partial charge in [-0.05, 0) is 6.92 Å². The fraction of sp³-hybridized carbons (Fsp3) is 0.571. The molecule has 0 heterocycles. The van der Waals surface area contributed by atoms with E-state index in [1.54, 1.807) is 7.05 Å². The smallest absolute Gasteiger partial charge is 0.406 e. The van der Waals surface area contributed by atoms with Gasteiger partial charge in [-0.1, -0.05) is 11.6 Å². The lowest BCUT2D eigenvalue weighted by Gasteiger charge is -2.01. The second kappa shape index (κ2) is 2.73. The van der Waals surface area contributed by atoms with Gasteiger partial charge in [0.2, 0.25) is 0 Å². The Morgan fingerprint density at radius 1 is 1.90 bits per heavy atom. The maximum Gasteiger partial charge on any atom is 0.406 e. The van der Waals surface area contributed by atoms with E-state index in [9.17, 15) is 4.79 Å². The van der Waals surface area contributed by atoms with Gasteiger partial charge in [-0.2, -0.15) is 0 Å². The predicted octanol–water partition coefficient (Wildman–Crippen LogP) is 0.919. The predicted molar refractivity (Wildman–Crippen MR) is 37.7 cm³/mol. The van der Waals surface area contributed by atoms with E-state index in [4.69, 9.17) is 4.74 Å². The Morgan fingerprint density at radius 3 is 2.90 bits per heavy atom. The van der Waals surface area contributed by atoms with Crippen LogP contribution in [0, 0.1) is 5.92 Å². The topological polar surface area (TPSA) is 38.3 Å². The first kappa shape index (κ1) is 7.12. The molecule has 0 saturated carbocycles. The zero-order valence-corrected chi connectivity index (χ0v) is 6.18. The summed E-state index contributed by atoms with van der Waals surface area (Å²) < 4.78 is 4.78. The molecule has 0 radical (unpaired) electrons. The van der Waals surface area contributed by atoms with Gasteiger partial charge >= 0.3 is 6.09 Å². The van der Waals surface area contributed by atoms with E-state index in [-0.39, 0.29) is 6.09 Å². The van der Waals surface area contributed by atoms with Crippen LogP contribution < -0.4 is 5.32 Å². The summed E-state index contributed by atoms with van der Waals surface area (Å²) in [5.74, 6) is 0.414. The number of carbonyl (C=O) groups is 1. The van der Waals surface area contributed by atoms with Gasteiger partial charge in [-0.3, -0.25) is 0 Å². The SMILES string of the molecule is CNC(=O)OCC1C=C1C. The van der Waals surface area contributed by atoms with Crippen molar-refractivity contribution in [3.05, 3.63) is 11.6 Å². The van der Waals surface area contributed by atoms with Gasteiger partial charge in [0.15, 0.2) is 0 Å². The Bertz CT molecular complexity index is 174. The van der Waals surface area contributed by atoms with E-state index in [0.29, 0.717) is 12.5 Å². The monoisotopic (exact) mass is 141 g/mol. The summed E-state index contributed by atoms with van der Waals surface area (Å²) in [5, 5.41) is 2.38. The van der Waals surface area contributed by atoms with Crippen LogP contribution in [0.2, 0.25) is 0 Å². The van der Waals surface area contributed by atoms with Gasteiger partial charge in [-0.25, -0.2) is 4.79 Å². The number of amides is 1. The number of hydrogen-bond donors (Lipinski definition) is 1. The molecule has 56 valence electrons. The highest BCUT2D eigenvalue weighted by molar-refractivity contribution is 5.66. The third kappa shape index (κ3) is 1.76. The normalized spacial score (nSPS) is 21.4. The second-order valence-corrected chi connectivity index (χ2v) is 2.37. The van der Waals surface area contributed by atoms with Crippen LogP contribution in [-0.4, -0.2) is 19.7 Å². The lowest BCUT2D eigenvalue weighted by Crippen LogP contribution is -2.20. The van der Waals surface area contributed by atoms with E-state index in [2.05, 4.69) is 11.4 Å². The van der Waals surface area contributed by atoms with Crippen LogP contribution in [0.25, 0.3) is 0 Å². The lowest BCUT2D eigenvalue weighted by molar-refractivity contribution is 0.145. The number of ether oxygens (including phenoxy) is 1. The maximum atomic E-state index is 10.5. The van der Waals surface area contributed by atoms with Crippen LogP contribution in [0.1, 0.15) is 6.92 Å². The lowest BCUT2D eigenvalue weighted by atomic mass is 10.3. The van der Waals surface area contributed by atoms with Crippen molar-refractivity contribution in [2.75, 3.05) is 13.7 Å². The summed E-state index contributed by atoms with van der Waals surface area (Å²) in [5.41, 5.74) is 1.31. The molecule has 0 aliphatic heterocycles. The molecule has 0 aromatic heterocycles. The summed E-state index contributed by atoms with van der Waals surface area (Å²) in [6, 6.07) is 0. The summed E-state index contributed by atoms with van der Waals surface area (Å²) >= 11 is 0. The number of alkyl carbamates (subject to hydrolysis) is 1. The third-order valence-corrected chi connectivity index (χ3v) is 1.54. The molecule has 10 heavy (non-hydrogen) atoms. The fourth-order valence-electron chi connectivity index (χ4n) is 0.686. The summed E-state index contributed by atoms with van der Waals surface area (Å²) in [4.78, 5) is 10.5. The average molecular weight is 141 g/mol. The first-order valence-corrected chi connectivity index (χ1v) is 3.27. The first-order valence-electron chi connectivity index (χ1n) is 3.27. The molecule has 0 saturated heterocycles. The minimum absolute atomic E-state index is 0.354. The molecule has 3 nitrogen and oxygen atoms in total. The summed E-state index contributed by atoms with van der Waals surface area (Å²) in [6.07, 6.45) is 1.72. The molecule has 1 N–H and O–H groups in total. The zero-order chi connectivity index (χ0) is 7.56. The van der Waals surface area contributed by atoms with Gasteiger partial charge in [-0.15, -0.1) is 0 Å². The van der Waals surface area contributed by atoms with Crippen molar-refractivity contribution in [2.45, 2.75) is 6.92 Å². The molecule has 1 rings (SSSR count). The van der Waals surface area contributed by atoms with Crippen LogP contribution >= 0.6 is 0 Å². The van der Waals surface area contributed by atoms with Crippen LogP contribution in [0.15, 0.2) is 11.6 Å². The van der Waals surface area contributed by atoms with Gasteiger partial charge in [0.05, 0.1) is 0 Å². The third-order valence-electron chi connectivity index (χ3n) is 1.54. The van der Waals surface area contributed by atoms with Crippen molar-refractivity contribution in [1.82, 2.24) is 5.32 Å². The van der Waals surface area contributed by atoms with Crippen molar-refractivity contribution in [3.63, 3.8) is 0 Å². The van der Waals surface area contributed by atoms with Crippen LogP contribution in [0.5, 0.6) is 0 Å². The van der Waals surface area contributed by atoms with Crippen molar-refractivity contribution >= 4 is 6.09 Å². The fourth-order valence-corrected chi connectivity index (χ4v) is 0.686. The van der Waals surface area contributed by atoms with Crippen LogP contribution in [-0.2, 0) is 4.74 Å². The number of hydrogen-bond acceptors (Lipinski definition) is 2. The standard InChI is InChI=1S/C7H11NO2/c1-5-3-6(5)4-10-7(9)8-2/h3,6H,4H2,1-2H3,(H,8,9). The van der Waals surface area contributed by atoms with Crippen molar-refractivity contribution in [3.8, 4) is 0 Å². The Hall–Kier alpha value is -0.990. The molecular weight excluding hydrogens is 130 g/mol. The highest BCUT2D eigenvalue weighted by Gasteiger charge is 2.20. The first-order chi connectivity index (χ1) is 4.74. The maximum absolute atomic E-state index is 10.5. The van der Waals surface area contributed by atoms with Gasteiger partial charge in [0.1, 0.15) is 6.61 Å². The summed E-state index contributed by atoms with van der Waals surface area (Å²) in [7, 11) is 1.55. The van der Waals surface area contributed by atoms with Crippen molar-refractivity contribution in [1.29, 1.82) is 0 Å². The number of nitrogens with one attached hydrogen (secondary N) is 1. The molecular formula is C7H11NO2. The molecule has 1 atom stereocenters. The average Bonchev–Trinajstić information content (AvgIpc) is 2.61. The Kier molecular flexibility index (Phi) is 1.94. The molecule has 1 aliphatic rings. The largest absolute Gasteiger partial charge is 0.449 e. The van der Waals surface area contributed by atoms with Crippen LogP contribution in [0.4, 0.5) is 4.79 Å². The Labute approximate surface area is 60.1 Å². The molecule has 0 bridgehead atoms. The quantitative estimate of drug-likeness (QED) is 0.581. The second-order valence-electron chi connectivity index (χ2n) is 2.37. The highest BCUT2D eigenvalue weighted by atomic mass is 16.5. The van der Waals surface area contributed by atoms with E-state index < -0.39 is 0 Å².